The van der Waals surface area contributed by atoms with Crippen LogP contribution in [0.2, 0.25) is 0 Å². The highest BCUT2D eigenvalue weighted by molar-refractivity contribution is 5.87. The average molecular weight is 223 g/mol. The number of aliphatic hydroxyl groups excluding tert-OH is 1. The summed E-state index contributed by atoms with van der Waals surface area (Å²) in [5.41, 5.74) is 0.604. The Morgan fingerprint density at radius 1 is 1.24 bits per heavy atom. The van der Waals surface area contributed by atoms with Gasteiger partial charge in [0.15, 0.2) is 0 Å². The molecule has 1 N–H and O–H groups in total. The van der Waals surface area contributed by atoms with E-state index in [1.807, 2.05) is 24.3 Å². The van der Waals surface area contributed by atoms with Crippen molar-refractivity contribution in [1.29, 1.82) is 5.26 Å². The van der Waals surface area contributed by atoms with E-state index in [0.717, 1.165) is 22.8 Å². The normalized spacial score (nSPS) is 26.7. The van der Waals surface area contributed by atoms with Gasteiger partial charge in [-0.1, -0.05) is 42.5 Å². The monoisotopic (exact) mass is 223 g/mol. The topological polar surface area (TPSA) is 44.0 Å². The van der Waals surface area contributed by atoms with Crippen molar-refractivity contribution in [3.8, 4) is 6.07 Å². The Bertz CT molecular complexity index is 608. The van der Waals surface area contributed by atoms with Crippen LogP contribution in [-0.2, 0) is 5.41 Å². The first-order chi connectivity index (χ1) is 8.31. The van der Waals surface area contributed by atoms with Gasteiger partial charge in [0, 0.05) is 12.5 Å². The SMILES string of the molecule is N#CC1(c2cccc3ccccc23)C[C@@H]1CO. The first-order valence-electron chi connectivity index (χ1n) is 5.82. The molecule has 1 aliphatic carbocycles. The highest BCUT2D eigenvalue weighted by Crippen LogP contribution is 2.55. The quantitative estimate of drug-likeness (QED) is 0.850. The summed E-state index contributed by atoms with van der Waals surface area (Å²) in [4.78, 5) is 0. The van der Waals surface area contributed by atoms with Crippen LogP contribution >= 0.6 is 0 Å². The van der Waals surface area contributed by atoms with Gasteiger partial charge in [-0.3, -0.25) is 0 Å². The van der Waals surface area contributed by atoms with E-state index in [1.165, 1.54) is 0 Å². The van der Waals surface area contributed by atoms with E-state index in [0.29, 0.717) is 0 Å². The Kier molecular flexibility index (Phi) is 2.17. The maximum absolute atomic E-state index is 9.41. The fourth-order valence-corrected chi connectivity index (χ4v) is 2.69. The van der Waals surface area contributed by atoms with Crippen LogP contribution in [0.1, 0.15) is 12.0 Å². The summed E-state index contributed by atoms with van der Waals surface area (Å²) in [6.45, 7) is 0.0940. The Labute approximate surface area is 100 Å². The van der Waals surface area contributed by atoms with Gasteiger partial charge in [0.1, 0.15) is 0 Å². The Balaban J connectivity index is 2.22. The minimum atomic E-state index is -0.463. The molecule has 0 saturated heterocycles. The minimum Gasteiger partial charge on any atom is -0.396 e. The summed E-state index contributed by atoms with van der Waals surface area (Å²) in [5, 5.41) is 21.0. The third-order valence-corrected chi connectivity index (χ3v) is 3.80. The van der Waals surface area contributed by atoms with Crippen LogP contribution in [0, 0.1) is 17.2 Å². The first kappa shape index (κ1) is 10.3. The van der Waals surface area contributed by atoms with Crippen molar-refractivity contribution in [2.75, 3.05) is 6.61 Å². The first-order valence-corrected chi connectivity index (χ1v) is 5.82. The summed E-state index contributed by atoms with van der Waals surface area (Å²) < 4.78 is 0. The van der Waals surface area contributed by atoms with Gasteiger partial charge in [-0.25, -0.2) is 0 Å². The lowest BCUT2D eigenvalue weighted by atomic mass is 9.90. The molecular weight excluding hydrogens is 210 g/mol. The standard InChI is InChI=1S/C15H13NO/c16-10-15(8-12(15)9-17)14-7-3-5-11-4-1-2-6-13(11)14/h1-7,12,17H,8-9H2/t12-,15?/m1/s1. The number of nitriles is 1. The minimum absolute atomic E-state index is 0.0940. The third-order valence-electron chi connectivity index (χ3n) is 3.80. The lowest BCUT2D eigenvalue weighted by molar-refractivity contribution is 0.269. The lowest BCUT2D eigenvalue weighted by Crippen LogP contribution is -2.09. The highest BCUT2D eigenvalue weighted by Gasteiger charge is 2.56. The summed E-state index contributed by atoms with van der Waals surface area (Å²) >= 11 is 0. The second kappa shape index (κ2) is 3.58. The Morgan fingerprint density at radius 3 is 2.71 bits per heavy atom. The molecule has 0 aromatic heterocycles. The van der Waals surface area contributed by atoms with Gasteiger partial charge in [0.2, 0.25) is 0 Å². The van der Waals surface area contributed by atoms with Crippen molar-refractivity contribution < 1.29 is 5.11 Å². The number of hydrogen-bond acceptors (Lipinski definition) is 2. The number of benzene rings is 2. The summed E-state index contributed by atoms with van der Waals surface area (Å²) in [5.74, 6) is 0.0957. The van der Waals surface area contributed by atoms with Gasteiger partial charge in [0.05, 0.1) is 11.5 Å². The van der Waals surface area contributed by atoms with Gasteiger partial charge >= 0.3 is 0 Å². The van der Waals surface area contributed by atoms with E-state index in [9.17, 15) is 10.4 Å². The van der Waals surface area contributed by atoms with Gasteiger partial charge in [-0.05, 0) is 22.8 Å². The summed E-state index contributed by atoms with van der Waals surface area (Å²) in [6, 6.07) is 16.6. The van der Waals surface area contributed by atoms with E-state index < -0.39 is 5.41 Å². The second-order valence-electron chi connectivity index (χ2n) is 4.69. The molecule has 1 aliphatic rings. The molecule has 2 aromatic rings. The zero-order chi connectivity index (χ0) is 11.9. The molecule has 1 unspecified atom stereocenters. The Morgan fingerprint density at radius 2 is 2.00 bits per heavy atom. The predicted octanol–water partition coefficient (Wildman–Crippen LogP) is 2.61. The van der Waals surface area contributed by atoms with Crippen LogP contribution in [0.15, 0.2) is 42.5 Å². The van der Waals surface area contributed by atoms with E-state index in [-0.39, 0.29) is 12.5 Å². The van der Waals surface area contributed by atoms with Gasteiger partial charge < -0.3 is 5.11 Å². The molecule has 1 fully saturated rings. The summed E-state index contributed by atoms with van der Waals surface area (Å²) in [6.07, 6.45) is 0.772. The van der Waals surface area contributed by atoms with Crippen molar-refractivity contribution in [3.63, 3.8) is 0 Å². The van der Waals surface area contributed by atoms with Crippen LogP contribution in [0.3, 0.4) is 0 Å². The zero-order valence-electron chi connectivity index (χ0n) is 9.43. The second-order valence-corrected chi connectivity index (χ2v) is 4.69. The average Bonchev–Trinajstić information content (AvgIpc) is 3.13. The van der Waals surface area contributed by atoms with Crippen LogP contribution < -0.4 is 0 Å². The molecule has 84 valence electrons. The van der Waals surface area contributed by atoms with Crippen LogP contribution in [-0.4, -0.2) is 11.7 Å². The number of aliphatic hydroxyl groups is 1. The predicted molar refractivity (Wildman–Crippen MR) is 66.4 cm³/mol. The number of hydrogen-bond donors (Lipinski definition) is 1. The molecule has 0 amide bonds. The number of nitrogens with zero attached hydrogens (tertiary/aromatic N) is 1. The molecule has 17 heavy (non-hydrogen) atoms. The van der Waals surface area contributed by atoms with Gasteiger partial charge in [-0.2, -0.15) is 5.26 Å². The highest BCUT2D eigenvalue weighted by atomic mass is 16.3. The molecule has 2 aromatic carbocycles. The number of rotatable bonds is 2. The zero-order valence-corrected chi connectivity index (χ0v) is 9.43. The third kappa shape index (κ3) is 1.36. The van der Waals surface area contributed by atoms with Crippen molar-refractivity contribution in [2.45, 2.75) is 11.8 Å². The van der Waals surface area contributed by atoms with Crippen LogP contribution in [0.4, 0.5) is 0 Å². The van der Waals surface area contributed by atoms with E-state index >= 15 is 0 Å². The van der Waals surface area contributed by atoms with E-state index in [1.54, 1.807) is 0 Å². The van der Waals surface area contributed by atoms with Crippen molar-refractivity contribution in [3.05, 3.63) is 48.0 Å². The molecular formula is C15H13NO. The van der Waals surface area contributed by atoms with Crippen molar-refractivity contribution in [2.24, 2.45) is 5.92 Å². The largest absolute Gasteiger partial charge is 0.396 e. The molecule has 2 atom stereocenters. The van der Waals surface area contributed by atoms with E-state index in [4.69, 9.17) is 0 Å². The fraction of sp³-hybridized carbons (Fsp3) is 0.267. The molecule has 2 nitrogen and oxygen atoms in total. The summed E-state index contributed by atoms with van der Waals surface area (Å²) in [7, 11) is 0. The molecule has 3 rings (SSSR count). The molecule has 2 heteroatoms. The molecule has 0 spiro atoms. The van der Waals surface area contributed by atoms with Crippen molar-refractivity contribution >= 4 is 10.8 Å². The van der Waals surface area contributed by atoms with Crippen LogP contribution in [0.25, 0.3) is 10.8 Å². The lowest BCUT2D eigenvalue weighted by Gasteiger charge is -2.12. The maximum Gasteiger partial charge on any atom is 0.0883 e. The molecule has 0 aliphatic heterocycles. The van der Waals surface area contributed by atoms with E-state index in [2.05, 4.69) is 24.3 Å². The smallest absolute Gasteiger partial charge is 0.0883 e. The maximum atomic E-state index is 9.41. The van der Waals surface area contributed by atoms with Crippen molar-refractivity contribution in [1.82, 2.24) is 0 Å². The Hall–Kier alpha value is -1.85. The van der Waals surface area contributed by atoms with Gasteiger partial charge in [-0.15, -0.1) is 0 Å². The fourth-order valence-electron chi connectivity index (χ4n) is 2.69. The molecule has 0 radical (unpaired) electrons. The number of fused-ring (bicyclic) bond motifs is 1. The molecule has 1 saturated carbocycles. The van der Waals surface area contributed by atoms with Gasteiger partial charge in [0.25, 0.3) is 0 Å². The molecule has 0 bridgehead atoms. The molecule has 0 heterocycles. The van der Waals surface area contributed by atoms with Crippen LogP contribution in [0.5, 0.6) is 0 Å².